The van der Waals surface area contributed by atoms with Crippen molar-refractivity contribution in [2.45, 2.75) is 13.0 Å². The van der Waals surface area contributed by atoms with Gasteiger partial charge < -0.3 is 9.52 Å². The van der Waals surface area contributed by atoms with Crippen LogP contribution >= 0.6 is 15.9 Å². The number of halogens is 3. The third-order valence-electron chi connectivity index (χ3n) is 3.45. The molecule has 5 heteroatoms. The third-order valence-corrected chi connectivity index (χ3v) is 4.06. The van der Waals surface area contributed by atoms with Crippen molar-refractivity contribution in [3.63, 3.8) is 0 Å². The zero-order chi connectivity index (χ0) is 15.1. The third kappa shape index (κ3) is 2.26. The van der Waals surface area contributed by atoms with Crippen LogP contribution in [0.3, 0.4) is 0 Å². The van der Waals surface area contributed by atoms with Gasteiger partial charge in [-0.15, -0.1) is 0 Å². The van der Waals surface area contributed by atoms with Crippen LogP contribution in [0.25, 0.3) is 11.0 Å². The summed E-state index contributed by atoms with van der Waals surface area (Å²) in [6.07, 6.45) is -1.44. The highest BCUT2D eigenvalue weighted by Crippen LogP contribution is 2.37. The summed E-state index contributed by atoms with van der Waals surface area (Å²) in [4.78, 5) is 0. The Kier molecular flexibility index (Phi) is 3.55. The molecule has 1 heterocycles. The Hall–Kier alpha value is -1.72. The number of hydrogen-bond acceptors (Lipinski definition) is 2. The molecule has 2 aromatic carbocycles. The van der Waals surface area contributed by atoms with Gasteiger partial charge in [-0.1, -0.05) is 18.2 Å². The molecule has 1 N–H and O–H groups in total. The molecular formula is C16H11BrF2O2. The maximum Gasteiger partial charge on any atom is 0.146 e. The van der Waals surface area contributed by atoms with E-state index in [1.54, 1.807) is 31.2 Å². The average Bonchev–Trinajstić information content (AvgIpc) is 2.79. The van der Waals surface area contributed by atoms with Gasteiger partial charge >= 0.3 is 0 Å². The molecule has 0 aliphatic rings. The SMILES string of the molecule is Cc1oc2ccccc2c1C(O)c1c(F)ccc(Br)c1F. The molecule has 0 amide bonds. The van der Waals surface area contributed by atoms with Crippen molar-refractivity contribution >= 4 is 26.9 Å². The Balaban J connectivity index is 2.24. The lowest BCUT2D eigenvalue weighted by atomic mass is 9.98. The first-order valence-electron chi connectivity index (χ1n) is 6.30. The van der Waals surface area contributed by atoms with Crippen molar-refractivity contribution in [2.24, 2.45) is 0 Å². The fraction of sp³-hybridized carbons (Fsp3) is 0.125. The lowest BCUT2D eigenvalue weighted by Crippen LogP contribution is -2.07. The van der Waals surface area contributed by atoms with Crippen LogP contribution < -0.4 is 0 Å². The summed E-state index contributed by atoms with van der Waals surface area (Å²) in [5.41, 5.74) is 0.556. The zero-order valence-electron chi connectivity index (χ0n) is 11.0. The smallest absolute Gasteiger partial charge is 0.146 e. The molecule has 0 spiro atoms. The first-order chi connectivity index (χ1) is 10.0. The number of benzene rings is 2. The predicted molar refractivity (Wildman–Crippen MR) is 79.1 cm³/mol. The Labute approximate surface area is 128 Å². The van der Waals surface area contributed by atoms with Crippen LogP contribution in [0.15, 0.2) is 45.3 Å². The number of rotatable bonds is 2. The van der Waals surface area contributed by atoms with E-state index in [0.717, 1.165) is 6.07 Å². The van der Waals surface area contributed by atoms with Crippen LogP contribution in [0.5, 0.6) is 0 Å². The monoisotopic (exact) mass is 352 g/mol. The van der Waals surface area contributed by atoms with Crippen LogP contribution in [0.2, 0.25) is 0 Å². The largest absolute Gasteiger partial charge is 0.461 e. The quantitative estimate of drug-likeness (QED) is 0.668. The van der Waals surface area contributed by atoms with Gasteiger partial charge in [-0.2, -0.15) is 0 Å². The Morgan fingerprint density at radius 3 is 2.57 bits per heavy atom. The highest BCUT2D eigenvalue weighted by atomic mass is 79.9. The molecule has 0 aliphatic heterocycles. The van der Waals surface area contributed by atoms with Crippen molar-refractivity contribution in [3.05, 3.63) is 69.4 Å². The number of aryl methyl sites for hydroxylation is 1. The maximum absolute atomic E-state index is 14.2. The summed E-state index contributed by atoms with van der Waals surface area (Å²) < 4.78 is 33.7. The normalized spacial score (nSPS) is 12.8. The number of fused-ring (bicyclic) bond motifs is 1. The van der Waals surface area contributed by atoms with Gasteiger partial charge in [-0.05, 0) is 41.1 Å². The van der Waals surface area contributed by atoms with Crippen molar-refractivity contribution < 1.29 is 18.3 Å². The summed E-state index contributed by atoms with van der Waals surface area (Å²) in [5.74, 6) is -1.18. The van der Waals surface area contributed by atoms with E-state index >= 15 is 0 Å². The second kappa shape index (κ2) is 5.24. The van der Waals surface area contributed by atoms with Gasteiger partial charge in [-0.3, -0.25) is 0 Å². The van der Waals surface area contributed by atoms with E-state index in [0.29, 0.717) is 22.3 Å². The molecule has 1 unspecified atom stereocenters. The molecule has 0 radical (unpaired) electrons. The van der Waals surface area contributed by atoms with E-state index in [1.165, 1.54) is 6.07 Å². The molecule has 3 aromatic rings. The second-order valence-electron chi connectivity index (χ2n) is 4.73. The van der Waals surface area contributed by atoms with E-state index in [1.807, 2.05) is 0 Å². The predicted octanol–water partition coefficient (Wildman–Crippen LogP) is 4.86. The standard InChI is InChI=1S/C16H11BrF2O2/c1-8-13(9-4-2-3-5-12(9)21-8)16(20)14-11(18)7-6-10(17)15(14)19/h2-7,16,20H,1H3. The van der Waals surface area contributed by atoms with Crippen LogP contribution in [0.4, 0.5) is 8.78 Å². The fourth-order valence-corrected chi connectivity index (χ4v) is 2.81. The van der Waals surface area contributed by atoms with Gasteiger partial charge in [0.05, 0.1) is 10.0 Å². The van der Waals surface area contributed by atoms with Crippen LogP contribution in [-0.4, -0.2) is 5.11 Å². The highest BCUT2D eigenvalue weighted by Gasteiger charge is 2.26. The summed E-state index contributed by atoms with van der Waals surface area (Å²) in [6, 6.07) is 9.44. The average molecular weight is 353 g/mol. The van der Waals surface area contributed by atoms with E-state index < -0.39 is 17.7 Å². The minimum absolute atomic E-state index is 0.100. The molecule has 21 heavy (non-hydrogen) atoms. The first-order valence-corrected chi connectivity index (χ1v) is 7.09. The van der Waals surface area contributed by atoms with Crippen molar-refractivity contribution in [1.82, 2.24) is 0 Å². The molecule has 0 fully saturated rings. The molecule has 0 saturated carbocycles. The van der Waals surface area contributed by atoms with E-state index in [2.05, 4.69) is 15.9 Å². The van der Waals surface area contributed by atoms with Gasteiger partial charge in [0, 0.05) is 10.9 Å². The van der Waals surface area contributed by atoms with Crippen LogP contribution in [0, 0.1) is 18.6 Å². The molecule has 108 valence electrons. The first kappa shape index (κ1) is 14.2. The zero-order valence-corrected chi connectivity index (χ0v) is 12.6. The summed E-state index contributed by atoms with van der Waals surface area (Å²) in [6.45, 7) is 1.66. The van der Waals surface area contributed by atoms with Gasteiger partial charge in [0.15, 0.2) is 0 Å². The Bertz CT molecular complexity index is 827. The van der Waals surface area contributed by atoms with Crippen molar-refractivity contribution in [1.29, 1.82) is 0 Å². The van der Waals surface area contributed by atoms with Crippen LogP contribution in [-0.2, 0) is 0 Å². The van der Waals surface area contributed by atoms with E-state index in [9.17, 15) is 13.9 Å². The molecule has 1 atom stereocenters. The highest BCUT2D eigenvalue weighted by molar-refractivity contribution is 9.10. The number of hydrogen-bond donors (Lipinski definition) is 1. The number of para-hydroxylation sites is 1. The molecule has 3 rings (SSSR count). The van der Waals surface area contributed by atoms with Gasteiger partial charge in [0.2, 0.25) is 0 Å². The summed E-state index contributed by atoms with van der Waals surface area (Å²) in [7, 11) is 0. The molecule has 0 bridgehead atoms. The van der Waals surface area contributed by atoms with Gasteiger partial charge in [0.25, 0.3) is 0 Å². The topological polar surface area (TPSA) is 33.4 Å². The maximum atomic E-state index is 14.2. The molecule has 1 aromatic heterocycles. The molecule has 0 aliphatic carbocycles. The van der Waals surface area contributed by atoms with Crippen molar-refractivity contribution in [3.8, 4) is 0 Å². The number of aliphatic hydroxyl groups excluding tert-OH is 1. The molecule has 0 saturated heterocycles. The fourth-order valence-electron chi connectivity index (χ4n) is 2.47. The summed E-state index contributed by atoms with van der Waals surface area (Å²) in [5, 5.41) is 11.1. The van der Waals surface area contributed by atoms with Crippen LogP contribution in [0.1, 0.15) is 23.0 Å². The molecular weight excluding hydrogens is 342 g/mol. The lowest BCUT2D eigenvalue weighted by molar-refractivity contribution is 0.208. The molecule has 2 nitrogen and oxygen atoms in total. The lowest BCUT2D eigenvalue weighted by Gasteiger charge is -2.14. The Morgan fingerprint density at radius 2 is 1.81 bits per heavy atom. The Morgan fingerprint density at radius 1 is 1.10 bits per heavy atom. The second-order valence-corrected chi connectivity index (χ2v) is 5.58. The van der Waals surface area contributed by atoms with E-state index in [-0.39, 0.29) is 10.0 Å². The van der Waals surface area contributed by atoms with Gasteiger partial charge in [0.1, 0.15) is 29.1 Å². The minimum atomic E-state index is -1.44. The number of furan rings is 1. The minimum Gasteiger partial charge on any atom is -0.461 e. The van der Waals surface area contributed by atoms with Crippen molar-refractivity contribution in [2.75, 3.05) is 0 Å². The van der Waals surface area contributed by atoms with Gasteiger partial charge in [-0.25, -0.2) is 8.78 Å². The number of aliphatic hydroxyl groups is 1. The van der Waals surface area contributed by atoms with E-state index in [4.69, 9.17) is 4.42 Å². The summed E-state index contributed by atoms with van der Waals surface area (Å²) >= 11 is 3.00.